The average Bonchev–Trinajstić information content (AvgIpc) is 3.04. The van der Waals surface area contributed by atoms with Crippen molar-refractivity contribution < 1.29 is 28.8 Å². The molecule has 0 aliphatic heterocycles. The normalized spacial score (nSPS) is 14.6. The van der Waals surface area contributed by atoms with Crippen LogP contribution in [-0.4, -0.2) is 73.6 Å². The standard InChI is InChI=1S/C33H45ClN4O6/c1-37(20-19-24-11-6-4-7-12-24)30(39)18-17-28(32(41)38(2)43-3)35-31(40)29(22-25-13-8-5-9-14-25)36-33(42)44-23-26-15-10-16-27(34)21-26/h4,6-7,10-12,15-16,21,25,28-29H,5,8-9,13-14,17-20,22-23H2,1-3H3,(H,35,40)(H,36,42)/t28-,29-/m1/s1. The number of benzene rings is 2. The Hall–Kier alpha value is -3.63. The summed E-state index contributed by atoms with van der Waals surface area (Å²) in [6.45, 7) is 0.514. The van der Waals surface area contributed by atoms with Crippen LogP contribution in [0.15, 0.2) is 54.6 Å². The maximum absolute atomic E-state index is 13.6. The van der Waals surface area contributed by atoms with Gasteiger partial charge in [-0.1, -0.05) is 86.2 Å². The molecular weight excluding hydrogens is 584 g/mol. The highest BCUT2D eigenvalue weighted by molar-refractivity contribution is 6.30. The van der Waals surface area contributed by atoms with E-state index in [1.165, 1.54) is 14.2 Å². The average molecular weight is 629 g/mol. The molecule has 2 atom stereocenters. The summed E-state index contributed by atoms with van der Waals surface area (Å²) in [7, 11) is 4.52. The monoisotopic (exact) mass is 628 g/mol. The first-order valence-corrected chi connectivity index (χ1v) is 15.6. The molecular formula is C33H45ClN4O6. The van der Waals surface area contributed by atoms with E-state index >= 15 is 0 Å². The number of rotatable bonds is 15. The van der Waals surface area contributed by atoms with Gasteiger partial charge in [0.1, 0.15) is 18.7 Å². The second-order valence-electron chi connectivity index (χ2n) is 11.3. The molecule has 0 heterocycles. The van der Waals surface area contributed by atoms with Crippen LogP contribution in [0.3, 0.4) is 0 Å². The number of hydroxylamine groups is 2. The number of halogens is 1. The van der Waals surface area contributed by atoms with Crippen molar-refractivity contribution in [3.8, 4) is 0 Å². The van der Waals surface area contributed by atoms with Crippen LogP contribution in [0.5, 0.6) is 0 Å². The van der Waals surface area contributed by atoms with E-state index in [0.717, 1.165) is 42.7 Å². The molecule has 0 radical (unpaired) electrons. The summed E-state index contributed by atoms with van der Waals surface area (Å²) in [5, 5.41) is 7.06. The number of carbonyl (C=O) groups is 4. The minimum atomic E-state index is -1.03. The molecule has 240 valence electrons. The zero-order valence-electron chi connectivity index (χ0n) is 25.9. The Labute approximate surface area is 265 Å². The molecule has 2 aromatic carbocycles. The molecule has 11 heteroatoms. The summed E-state index contributed by atoms with van der Waals surface area (Å²) in [6.07, 6.45) is 5.70. The van der Waals surface area contributed by atoms with E-state index in [1.807, 2.05) is 30.3 Å². The lowest BCUT2D eigenvalue weighted by atomic mass is 9.84. The Morgan fingerprint density at radius 2 is 1.64 bits per heavy atom. The molecule has 1 aliphatic rings. The highest BCUT2D eigenvalue weighted by Gasteiger charge is 2.31. The molecule has 44 heavy (non-hydrogen) atoms. The predicted molar refractivity (Wildman–Crippen MR) is 168 cm³/mol. The smallest absolute Gasteiger partial charge is 0.408 e. The maximum atomic E-state index is 13.6. The molecule has 1 saturated carbocycles. The van der Waals surface area contributed by atoms with Gasteiger partial charge in [-0.15, -0.1) is 0 Å². The van der Waals surface area contributed by atoms with E-state index in [0.29, 0.717) is 30.0 Å². The number of nitrogens with zero attached hydrogens (tertiary/aromatic N) is 2. The molecule has 2 aromatic rings. The number of hydrogen-bond acceptors (Lipinski definition) is 6. The van der Waals surface area contributed by atoms with Crippen molar-refractivity contribution >= 4 is 35.4 Å². The van der Waals surface area contributed by atoms with Gasteiger partial charge in [0, 0.05) is 32.1 Å². The fraction of sp³-hybridized carbons (Fsp3) is 0.515. The molecule has 1 aliphatic carbocycles. The van der Waals surface area contributed by atoms with E-state index in [1.54, 1.807) is 36.2 Å². The number of ether oxygens (including phenoxy) is 1. The highest BCUT2D eigenvalue weighted by atomic mass is 35.5. The Morgan fingerprint density at radius 3 is 2.32 bits per heavy atom. The summed E-state index contributed by atoms with van der Waals surface area (Å²) >= 11 is 6.03. The van der Waals surface area contributed by atoms with Crippen LogP contribution < -0.4 is 10.6 Å². The number of carbonyl (C=O) groups excluding carboxylic acids is 4. The maximum Gasteiger partial charge on any atom is 0.408 e. The van der Waals surface area contributed by atoms with Gasteiger partial charge in [0.2, 0.25) is 11.8 Å². The molecule has 0 aromatic heterocycles. The summed E-state index contributed by atoms with van der Waals surface area (Å²) in [5.74, 6) is -0.901. The number of alkyl carbamates (subject to hydrolysis) is 1. The zero-order chi connectivity index (χ0) is 31.9. The minimum absolute atomic E-state index is 0.0101. The minimum Gasteiger partial charge on any atom is -0.445 e. The fourth-order valence-electron chi connectivity index (χ4n) is 5.31. The van der Waals surface area contributed by atoms with Crippen LogP contribution in [0.2, 0.25) is 5.02 Å². The second kappa shape index (κ2) is 18.2. The summed E-state index contributed by atoms with van der Waals surface area (Å²) < 4.78 is 5.39. The summed E-state index contributed by atoms with van der Waals surface area (Å²) in [4.78, 5) is 59.2. The SMILES string of the molecule is CON(C)C(=O)[C@@H](CCC(=O)N(C)CCc1ccccc1)NC(=O)[C@@H](CC1CCCCC1)NC(=O)OCc1cccc(Cl)c1. The molecule has 4 amide bonds. The van der Waals surface area contributed by atoms with Gasteiger partial charge in [-0.3, -0.25) is 19.2 Å². The Kier molecular flexibility index (Phi) is 14.5. The van der Waals surface area contributed by atoms with Crippen molar-refractivity contribution in [2.24, 2.45) is 5.92 Å². The third-order valence-electron chi connectivity index (χ3n) is 8.01. The lowest BCUT2D eigenvalue weighted by Gasteiger charge is -2.29. The largest absolute Gasteiger partial charge is 0.445 e. The summed E-state index contributed by atoms with van der Waals surface area (Å²) in [5.41, 5.74) is 1.84. The highest BCUT2D eigenvalue weighted by Crippen LogP contribution is 2.27. The number of likely N-dealkylation sites (N-methyl/N-ethyl adjacent to an activating group) is 2. The van der Waals surface area contributed by atoms with Crippen molar-refractivity contribution in [3.63, 3.8) is 0 Å². The van der Waals surface area contributed by atoms with Crippen molar-refractivity contribution in [3.05, 3.63) is 70.7 Å². The summed E-state index contributed by atoms with van der Waals surface area (Å²) in [6, 6.07) is 14.9. The second-order valence-corrected chi connectivity index (χ2v) is 11.7. The first-order chi connectivity index (χ1) is 21.2. The van der Waals surface area contributed by atoms with Crippen molar-refractivity contribution in [2.45, 2.75) is 76.5 Å². The molecule has 3 rings (SSSR count). The molecule has 0 spiro atoms. The van der Waals surface area contributed by atoms with Crippen LogP contribution >= 0.6 is 11.6 Å². The third kappa shape index (κ3) is 11.8. The van der Waals surface area contributed by atoms with Gasteiger partial charge in [0.25, 0.3) is 5.91 Å². The van der Waals surface area contributed by atoms with E-state index in [2.05, 4.69) is 10.6 Å². The van der Waals surface area contributed by atoms with Gasteiger partial charge < -0.3 is 20.3 Å². The number of nitrogens with one attached hydrogen (secondary N) is 2. The van der Waals surface area contributed by atoms with E-state index in [4.69, 9.17) is 21.2 Å². The van der Waals surface area contributed by atoms with Crippen LogP contribution in [0.1, 0.15) is 62.5 Å². The van der Waals surface area contributed by atoms with Gasteiger partial charge >= 0.3 is 6.09 Å². The number of hydrogen-bond donors (Lipinski definition) is 2. The fourth-order valence-corrected chi connectivity index (χ4v) is 5.52. The van der Waals surface area contributed by atoms with E-state index in [9.17, 15) is 19.2 Å². The van der Waals surface area contributed by atoms with E-state index < -0.39 is 30.0 Å². The first-order valence-electron chi connectivity index (χ1n) is 15.2. The van der Waals surface area contributed by atoms with Crippen LogP contribution in [-0.2, 0) is 37.0 Å². The zero-order valence-corrected chi connectivity index (χ0v) is 26.7. The predicted octanol–water partition coefficient (Wildman–Crippen LogP) is 4.89. The lowest BCUT2D eigenvalue weighted by Crippen LogP contribution is -2.54. The van der Waals surface area contributed by atoms with Gasteiger partial charge in [-0.2, -0.15) is 0 Å². The van der Waals surface area contributed by atoms with E-state index in [-0.39, 0.29) is 31.3 Å². The molecule has 2 N–H and O–H groups in total. The Bertz CT molecular complexity index is 1220. The quantitative estimate of drug-likeness (QED) is 0.271. The van der Waals surface area contributed by atoms with Gasteiger partial charge in [0.15, 0.2) is 0 Å². The van der Waals surface area contributed by atoms with Crippen molar-refractivity contribution in [2.75, 3.05) is 27.7 Å². The van der Waals surface area contributed by atoms with Crippen LogP contribution in [0, 0.1) is 5.92 Å². The van der Waals surface area contributed by atoms with Gasteiger partial charge in [-0.05, 0) is 48.4 Å². The van der Waals surface area contributed by atoms with Crippen LogP contribution in [0.4, 0.5) is 4.79 Å². The molecule has 0 saturated heterocycles. The topological polar surface area (TPSA) is 117 Å². The molecule has 10 nitrogen and oxygen atoms in total. The Morgan fingerprint density at radius 1 is 0.932 bits per heavy atom. The third-order valence-corrected chi connectivity index (χ3v) is 8.25. The van der Waals surface area contributed by atoms with Crippen molar-refractivity contribution in [1.29, 1.82) is 0 Å². The molecule has 0 unspecified atom stereocenters. The first kappa shape index (κ1) is 34.9. The van der Waals surface area contributed by atoms with Gasteiger partial charge in [0.05, 0.1) is 7.11 Å². The van der Waals surface area contributed by atoms with Crippen molar-refractivity contribution in [1.82, 2.24) is 20.6 Å². The van der Waals surface area contributed by atoms with Gasteiger partial charge in [-0.25, -0.2) is 9.86 Å². The molecule has 1 fully saturated rings. The molecule has 0 bridgehead atoms. The number of amides is 4. The van der Waals surface area contributed by atoms with Crippen LogP contribution in [0.25, 0.3) is 0 Å². The lowest BCUT2D eigenvalue weighted by molar-refractivity contribution is -0.172. The Balaban J connectivity index is 1.64.